The van der Waals surface area contributed by atoms with Gasteiger partial charge in [0.15, 0.2) is 0 Å². The van der Waals surface area contributed by atoms with Crippen molar-refractivity contribution >= 4 is 34.1 Å². The number of hydrogen-bond donors (Lipinski definition) is 3. The van der Waals surface area contributed by atoms with E-state index in [2.05, 4.69) is 10.6 Å². The van der Waals surface area contributed by atoms with Crippen LogP contribution in [0, 0.1) is 23.7 Å². The molecule has 6 rings (SSSR count). The summed E-state index contributed by atoms with van der Waals surface area (Å²) in [6.45, 7) is 0. The van der Waals surface area contributed by atoms with E-state index in [1.54, 1.807) is 0 Å². The minimum absolute atomic E-state index is 0.0450. The number of aliphatic carboxylic acids is 1. The van der Waals surface area contributed by atoms with Crippen molar-refractivity contribution in [2.24, 2.45) is 23.7 Å². The summed E-state index contributed by atoms with van der Waals surface area (Å²) in [4.78, 5) is 39.8. The van der Waals surface area contributed by atoms with Crippen LogP contribution >= 0.6 is 11.3 Å². The molecule has 1 aromatic heterocycles. The first kappa shape index (κ1) is 20.7. The van der Waals surface area contributed by atoms with Crippen molar-refractivity contribution < 1.29 is 19.5 Å². The largest absolute Gasteiger partial charge is 0.481 e. The molecule has 31 heavy (non-hydrogen) atoms. The predicted molar refractivity (Wildman–Crippen MR) is 119 cm³/mol. The molecule has 0 saturated heterocycles. The summed E-state index contributed by atoms with van der Waals surface area (Å²) in [6, 6.07) is 0.214. The van der Waals surface area contributed by atoms with Gasteiger partial charge in [0.05, 0.1) is 17.4 Å². The van der Waals surface area contributed by atoms with Crippen LogP contribution in [0.1, 0.15) is 72.2 Å². The Kier molecular flexibility index (Phi) is 5.63. The fraction of sp³-hybridized carbons (Fsp3) is 0.625. The first-order valence-electron chi connectivity index (χ1n) is 11.7. The third kappa shape index (κ3) is 3.81. The highest BCUT2D eigenvalue weighted by Gasteiger charge is 2.48. The van der Waals surface area contributed by atoms with Gasteiger partial charge in [0.25, 0.3) is 5.91 Å². The molecule has 5 aliphatic rings. The Bertz CT molecular complexity index is 930. The van der Waals surface area contributed by atoms with Crippen molar-refractivity contribution in [3.63, 3.8) is 0 Å². The molecule has 0 aliphatic heterocycles. The lowest BCUT2D eigenvalue weighted by Crippen LogP contribution is -2.47. The number of carbonyl (C=O) groups excluding carboxylic acids is 2. The van der Waals surface area contributed by atoms with Gasteiger partial charge in [0.2, 0.25) is 5.91 Å². The molecule has 2 bridgehead atoms. The third-order valence-electron chi connectivity index (χ3n) is 7.66. The quantitative estimate of drug-likeness (QED) is 0.597. The maximum absolute atomic E-state index is 13.4. The van der Waals surface area contributed by atoms with E-state index < -0.39 is 17.8 Å². The molecule has 0 spiro atoms. The monoisotopic (exact) mass is 442 g/mol. The zero-order valence-electron chi connectivity index (χ0n) is 17.7. The van der Waals surface area contributed by atoms with Gasteiger partial charge in [-0.05, 0) is 68.8 Å². The van der Waals surface area contributed by atoms with E-state index >= 15 is 0 Å². The molecule has 7 heteroatoms. The summed E-state index contributed by atoms with van der Waals surface area (Å²) in [5.74, 6) is -2.62. The van der Waals surface area contributed by atoms with Crippen molar-refractivity contribution in [2.75, 3.05) is 5.32 Å². The molecule has 2 amide bonds. The molecule has 0 unspecified atom stereocenters. The highest BCUT2D eigenvalue weighted by Crippen LogP contribution is 2.46. The van der Waals surface area contributed by atoms with Gasteiger partial charge >= 0.3 is 5.97 Å². The number of nitrogens with one attached hydrogen (secondary N) is 2. The molecule has 5 aliphatic carbocycles. The Labute approximate surface area is 186 Å². The van der Waals surface area contributed by atoms with Crippen LogP contribution in [0.2, 0.25) is 0 Å². The maximum Gasteiger partial charge on any atom is 0.307 e. The number of fused-ring (bicyclic) bond motifs is 3. The minimum atomic E-state index is -0.899. The normalized spacial score (nSPS) is 29.5. The van der Waals surface area contributed by atoms with E-state index in [-0.39, 0.29) is 29.7 Å². The maximum atomic E-state index is 13.4. The molecule has 2 saturated carbocycles. The number of rotatable bonds is 5. The summed E-state index contributed by atoms with van der Waals surface area (Å²) in [7, 11) is 0. The fourth-order valence-electron chi connectivity index (χ4n) is 6.11. The molecule has 0 aromatic carbocycles. The average molecular weight is 443 g/mol. The van der Waals surface area contributed by atoms with E-state index in [0.29, 0.717) is 10.6 Å². The Balaban J connectivity index is 1.42. The van der Waals surface area contributed by atoms with E-state index in [1.807, 2.05) is 12.2 Å². The number of carbonyl (C=O) groups is 3. The van der Waals surface area contributed by atoms with Crippen molar-refractivity contribution in [1.82, 2.24) is 5.32 Å². The van der Waals surface area contributed by atoms with Crippen LogP contribution in [-0.4, -0.2) is 28.9 Å². The van der Waals surface area contributed by atoms with Crippen LogP contribution < -0.4 is 10.6 Å². The third-order valence-corrected chi connectivity index (χ3v) is 8.87. The lowest BCUT2D eigenvalue weighted by atomic mass is 9.62. The highest BCUT2D eigenvalue weighted by molar-refractivity contribution is 7.17. The van der Waals surface area contributed by atoms with Gasteiger partial charge in [0.1, 0.15) is 5.00 Å². The molecule has 3 N–H and O–H groups in total. The lowest BCUT2D eigenvalue weighted by Gasteiger charge is -2.41. The zero-order valence-corrected chi connectivity index (χ0v) is 18.5. The molecule has 1 aromatic rings. The molecule has 6 nitrogen and oxygen atoms in total. The van der Waals surface area contributed by atoms with Crippen LogP contribution in [0.25, 0.3) is 0 Å². The van der Waals surface area contributed by atoms with Crippen LogP contribution in [0.4, 0.5) is 5.00 Å². The molecule has 166 valence electrons. The smallest absolute Gasteiger partial charge is 0.307 e. The number of hydrogen-bond acceptors (Lipinski definition) is 4. The zero-order chi connectivity index (χ0) is 21.5. The van der Waals surface area contributed by atoms with Gasteiger partial charge < -0.3 is 15.7 Å². The van der Waals surface area contributed by atoms with E-state index in [0.717, 1.165) is 69.8 Å². The average Bonchev–Trinajstić information content (AvgIpc) is 3.40. The second-order valence-electron chi connectivity index (χ2n) is 9.54. The Morgan fingerprint density at radius 1 is 0.903 bits per heavy atom. The summed E-state index contributed by atoms with van der Waals surface area (Å²) < 4.78 is 0. The van der Waals surface area contributed by atoms with E-state index in [4.69, 9.17) is 0 Å². The number of anilines is 1. The van der Waals surface area contributed by atoms with E-state index in [1.165, 1.54) is 16.2 Å². The van der Waals surface area contributed by atoms with Crippen LogP contribution in [0.15, 0.2) is 12.2 Å². The van der Waals surface area contributed by atoms with Gasteiger partial charge in [-0.1, -0.05) is 25.0 Å². The first-order valence-corrected chi connectivity index (χ1v) is 12.5. The van der Waals surface area contributed by atoms with Gasteiger partial charge in [0, 0.05) is 10.9 Å². The molecule has 2 fully saturated rings. The standard InChI is InChI=1S/C24H30N2O4S/c27-21(18-13-9-11-14(12-10-13)19(18)24(29)30)26-23-20(16-7-3-4-8-17(16)31-23)22(28)25-15-5-1-2-6-15/h9,11,13-15,18-19H,1-8,10,12H2,(H,25,28)(H,26,27)(H,29,30)/t13-,14+,18-,19+/m1/s1. The number of aryl methyl sites for hydroxylation is 1. The second-order valence-corrected chi connectivity index (χ2v) is 10.6. The Morgan fingerprint density at radius 2 is 1.58 bits per heavy atom. The summed E-state index contributed by atoms with van der Waals surface area (Å²) in [5, 5.41) is 16.6. The highest BCUT2D eigenvalue weighted by atomic mass is 32.1. The lowest BCUT2D eigenvalue weighted by molar-refractivity contribution is -0.151. The number of carboxylic acids is 1. The van der Waals surface area contributed by atoms with Crippen molar-refractivity contribution in [1.29, 1.82) is 0 Å². The van der Waals surface area contributed by atoms with Crippen molar-refractivity contribution in [3.05, 3.63) is 28.2 Å². The first-order chi connectivity index (χ1) is 15.0. The molecule has 4 atom stereocenters. The molecular formula is C24H30N2O4S. The van der Waals surface area contributed by atoms with E-state index in [9.17, 15) is 19.5 Å². The summed E-state index contributed by atoms with van der Waals surface area (Å²) in [6.07, 6.45) is 13.9. The fourth-order valence-corrected chi connectivity index (χ4v) is 7.39. The van der Waals surface area contributed by atoms with Crippen LogP contribution in [0.5, 0.6) is 0 Å². The van der Waals surface area contributed by atoms with Gasteiger partial charge in [-0.15, -0.1) is 11.3 Å². The molecule has 1 heterocycles. The number of amides is 2. The number of allylic oxidation sites excluding steroid dienone is 2. The van der Waals surface area contributed by atoms with Crippen molar-refractivity contribution in [2.45, 2.75) is 70.3 Å². The topological polar surface area (TPSA) is 95.5 Å². The summed E-state index contributed by atoms with van der Waals surface area (Å²) in [5.41, 5.74) is 1.71. The van der Waals surface area contributed by atoms with Gasteiger partial charge in [-0.3, -0.25) is 14.4 Å². The predicted octanol–water partition coefficient (Wildman–Crippen LogP) is 4.15. The summed E-state index contributed by atoms with van der Waals surface area (Å²) >= 11 is 1.51. The van der Waals surface area contributed by atoms with Gasteiger partial charge in [-0.25, -0.2) is 0 Å². The Hall–Kier alpha value is -2.15. The van der Waals surface area contributed by atoms with Crippen LogP contribution in [-0.2, 0) is 22.4 Å². The Morgan fingerprint density at radius 3 is 2.26 bits per heavy atom. The number of thiophene rings is 1. The van der Waals surface area contributed by atoms with Gasteiger partial charge in [-0.2, -0.15) is 0 Å². The van der Waals surface area contributed by atoms with Crippen LogP contribution in [0.3, 0.4) is 0 Å². The molecule has 0 radical (unpaired) electrons. The number of carboxylic acid groups (broad SMARTS) is 1. The minimum Gasteiger partial charge on any atom is -0.481 e. The van der Waals surface area contributed by atoms with Crippen molar-refractivity contribution in [3.8, 4) is 0 Å². The SMILES string of the molecule is O=C(NC1CCCC1)c1c(NC(=O)[C@H]2[C@@H](C(=O)O)[C@H]3C=C[C@@H]2CC3)sc2c1CCCC2. The molecular weight excluding hydrogens is 412 g/mol. The second kappa shape index (κ2) is 8.41.